The summed E-state index contributed by atoms with van der Waals surface area (Å²) in [5.41, 5.74) is 5.09. The van der Waals surface area contributed by atoms with E-state index in [-0.39, 0.29) is 5.78 Å². The quantitative estimate of drug-likeness (QED) is 0.303. The van der Waals surface area contributed by atoms with Gasteiger partial charge in [-0.25, -0.2) is 4.98 Å². The van der Waals surface area contributed by atoms with Gasteiger partial charge in [0.1, 0.15) is 17.6 Å². The van der Waals surface area contributed by atoms with Crippen LogP contribution in [0.5, 0.6) is 5.75 Å². The van der Waals surface area contributed by atoms with Crippen LogP contribution in [0.15, 0.2) is 65.9 Å². The number of carbonyl (C=O) groups excluding carboxylic acids is 1. The summed E-state index contributed by atoms with van der Waals surface area (Å²) in [5.74, 6) is 2.25. The average molecular weight is 498 g/mol. The molecule has 2 rings (SSSR count). The molecule has 1 aromatic carbocycles. The Morgan fingerprint density at radius 3 is 2.09 bits per heavy atom. The second-order valence-electron chi connectivity index (χ2n) is 7.59. The molecule has 0 aliphatic rings. The molecule has 0 spiro atoms. The number of carbonyl (C=O) groups is 1. The van der Waals surface area contributed by atoms with Gasteiger partial charge < -0.3 is 10.4 Å². The van der Waals surface area contributed by atoms with Gasteiger partial charge in [0.25, 0.3) is 0 Å². The van der Waals surface area contributed by atoms with Crippen LogP contribution in [0.1, 0.15) is 66.5 Å². The van der Waals surface area contributed by atoms with E-state index in [2.05, 4.69) is 30.7 Å². The lowest BCUT2D eigenvalue weighted by molar-refractivity contribution is -0.113. The molecule has 0 radical (unpaired) electrons. The number of nitrogens with zero attached hydrogens (tertiary/aromatic N) is 2. The number of nitriles is 1. The fraction of sp³-hybridized carbons (Fsp3) is 0.414. The number of allylic oxidation sites excluding steroid dienone is 1. The van der Waals surface area contributed by atoms with Gasteiger partial charge in [0.2, 0.25) is 0 Å². The normalized spacial score (nSPS) is 10.9. The summed E-state index contributed by atoms with van der Waals surface area (Å²) in [6.45, 7) is 19.7. The predicted octanol–water partition coefficient (Wildman–Crippen LogP) is 7.59. The van der Waals surface area contributed by atoms with Gasteiger partial charge in [-0.3, -0.25) is 4.79 Å². The number of Topliss-reactive ketones (excluding diaryl/α,β-unsaturated/α-hetero) is 1. The zero-order chi connectivity index (χ0) is 27.4. The van der Waals surface area contributed by atoms with Crippen molar-refractivity contribution in [3.05, 3.63) is 77.0 Å². The number of pyridine rings is 1. The van der Waals surface area contributed by atoms with Gasteiger partial charge in [-0.1, -0.05) is 50.6 Å². The Hall–Kier alpha value is -3.04. The fourth-order valence-electron chi connectivity index (χ4n) is 2.31. The second-order valence-corrected chi connectivity index (χ2v) is 8.92. The number of aromatic nitrogens is 1. The van der Waals surface area contributed by atoms with Crippen LogP contribution in [-0.4, -0.2) is 33.9 Å². The summed E-state index contributed by atoms with van der Waals surface area (Å²) in [6, 6.07) is 12.7. The van der Waals surface area contributed by atoms with E-state index in [1.165, 1.54) is 22.9 Å². The van der Waals surface area contributed by atoms with Crippen molar-refractivity contribution in [2.75, 3.05) is 18.1 Å². The van der Waals surface area contributed by atoms with Crippen LogP contribution in [0.3, 0.4) is 0 Å². The van der Waals surface area contributed by atoms with Crippen LogP contribution in [0, 0.1) is 11.3 Å². The van der Waals surface area contributed by atoms with Crippen molar-refractivity contribution in [3.63, 3.8) is 0 Å². The number of rotatable bonds is 7. The lowest BCUT2D eigenvalue weighted by atomic mass is 10.1. The third kappa shape index (κ3) is 16.3. The lowest BCUT2D eigenvalue weighted by Crippen LogP contribution is -2.06. The predicted molar refractivity (Wildman–Crippen MR) is 153 cm³/mol. The molecule has 0 saturated heterocycles. The SMILES string of the molecule is C=C(C)CSC(C)/C(C)=C(/C)C(C)=O.CC.CCc1ccc(O)cc1.CNc1ccc(C#N)cn1. The van der Waals surface area contributed by atoms with Gasteiger partial charge in [-0.05, 0) is 76.4 Å². The Bertz CT molecular complexity index is 943. The zero-order valence-corrected chi connectivity index (χ0v) is 23.7. The number of hydrogen-bond acceptors (Lipinski definition) is 6. The summed E-state index contributed by atoms with van der Waals surface area (Å²) in [7, 11) is 1.79. The van der Waals surface area contributed by atoms with Gasteiger partial charge in [0.05, 0.1) is 5.56 Å². The molecule has 1 unspecified atom stereocenters. The number of aryl methyl sites for hydroxylation is 1. The molecule has 1 aromatic heterocycles. The van der Waals surface area contributed by atoms with E-state index in [0.717, 1.165) is 23.6 Å². The number of ketones is 1. The fourth-order valence-corrected chi connectivity index (χ4v) is 3.28. The van der Waals surface area contributed by atoms with E-state index in [9.17, 15) is 4.79 Å². The molecule has 1 atom stereocenters. The first kappa shape index (κ1) is 34.1. The maximum Gasteiger partial charge on any atom is 0.155 e. The highest BCUT2D eigenvalue weighted by molar-refractivity contribution is 8.00. The van der Waals surface area contributed by atoms with Crippen molar-refractivity contribution in [1.82, 2.24) is 4.98 Å². The first-order valence-electron chi connectivity index (χ1n) is 11.8. The van der Waals surface area contributed by atoms with Crippen LogP contribution < -0.4 is 5.32 Å². The van der Waals surface area contributed by atoms with E-state index < -0.39 is 0 Å². The number of nitrogens with one attached hydrogen (secondary N) is 1. The molecule has 192 valence electrons. The van der Waals surface area contributed by atoms with Gasteiger partial charge in [0.15, 0.2) is 5.78 Å². The highest BCUT2D eigenvalue weighted by Crippen LogP contribution is 2.23. The molecule has 0 bridgehead atoms. The van der Waals surface area contributed by atoms with E-state index in [1.807, 2.05) is 64.6 Å². The van der Waals surface area contributed by atoms with Gasteiger partial charge in [-0.15, -0.1) is 11.8 Å². The minimum atomic E-state index is 0.172. The topological polar surface area (TPSA) is 86.0 Å². The first-order chi connectivity index (χ1) is 16.5. The lowest BCUT2D eigenvalue weighted by Gasteiger charge is -2.14. The Labute approximate surface area is 217 Å². The molecule has 0 saturated carbocycles. The molecule has 35 heavy (non-hydrogen) atoms. The Morgan fingerprint density at radius 1 is 1.14 bits per heavy atom. The Kier molecular flexibility index (Phi) is 19.8. The zero-order valence-electron chi connectivity index (χ0n) is 22.9. The highest BCUT2D eigenvalue weighted by Gasteiger charge is 2.10. The maximum atomic E-state index is 11.1. The van der Waals surface area contributed by atoms with E-state index in [1.54, 1.807) is 38.2 Å². The molecule has 2 aromatic rings. The number of thioether (sulfide) groups is 1. The molecule has 0 fully saturated rings. The van der Waals surface area contributed by atoms with E-state index >= 15 is 0 Å². The van der Waals surface area contributed by atoms with Crippen molar-refractivity contribution in [3.8, 4) is 11.8 Å². The second kappa shape index (κ2) is 20.3. The summed E-state index contributed by atoms with van der Waals surface area (Å²) >= 11 is 1.83. The minimum Gasteiger partial charge on any atom is -0.508 e. The molecular weight excluding hydrogens is 454 g/mol. The summed E-state index contributed by atoms with van der Waals surface area (Å²) in [4.78, 5) is 15.1. The molecule has 2 N–H and O–H groups in total. The largest absolute Gasteiger partial charge is 0.508 e. The molecule has 6 heteroatoms. The maximum absolute atomic E-state index is 11.1. The van der Waals surface area contributed by atoms with E-state index in [4.69, 9.17) is 10.4 Å². The van der Waals surface area contributed by atoms with Crippen molar-refractivity contribution in [1.29, 1.82) is 5.26 Å². The van der Waals surface area contributed by atoms with Crippen LogP contribution in [0.2, 0.25) is 0 Å². The molecular formula is C29H43N3O2S. The van der Waals surface area contributed by atoms with Crippen molar-refractivity contribution in [2.24, 2.45) is 0 Å². The van der Waals surface area contributed by atoms with Crippen molar-refractivity contribution in [2.45, 2.75) is 67.1 Å². The van der Waals surface area contributed by atoms with E-state index in [0.29, 0.717) is 16.6 Å². The van der Waals surface area contributed by atoms with Gasteiger partial charge in [-0.2, -0.15) is 5.26 Å². The van der Waals surface area contributed by atoms with Crippen LogP contribution >= 0.6 is 11.8 Å². The number of phenols is 1. The molecule has 5 nitrogen and oxygen atoms in total. The Morgan fingerprint density at radius 2 is 1.71 bits per heavy atom. The standard InChI is InChI=1S/C12H20OS.C8H10O.C7H7N3.C2H6/c1-8(2)7-14-12(6)10(4)9(3)11(5)13;1-2-7-3-5-8(9)6-4-7;1-9-7-3-2-6(4-8)5-10-7;1-2/h12H,1,7H2,2-6H3;3-6,9H,2H2,1H3;2-3,5H,1H3,(H,9,10);1-2H3/b10-9-;;;. The third-order valence-corrected chi connectivity index (χ3v) is 6.32. The monoisotopic (exact) mass is 497 g/mol. The number of anilines is 1. The van der Waals surface area contributed by atoms with Crippen LogP contribution in [0.4, 0.5) is 5.82 Å². The molecule has 0 aliphatic carbocycles. The first-order valence-corrected chi connectivity index (χ1v) is 12.9. The minimum absolute atomic E-state index is 0.172. The van der Waals surface area contributed by atoms with Gasteiger partial charge >= 0.3 is 0 Å². The number of phenolic OH excluding ortho intramolecular Hbond substituents is 1. The van der Waals surface area contributed by atoms with Crippen molar-refractivity contribution >= 4 is 23.4 Å². The number of aromatic hydroxyl groups is 1. The third-order valence-electron chi connectivity index (χ3n) is 4.80. The molecule has 1 heterocycles. The van der Waals surface area contributed by atoms with Crippen LogP contribution in [0.25, 0.3) is 0 Å². The number of benzene rings is 1. The average Bonchev–Trinajstić information content (AvgIpc) is 2.88. The van der Waals surface area contributed by atoms with Crippen LogP contribution in [-0.2, 0) is 11.2 Å². The van der Waals surface area contributed by atoms with Crippen molar-refractivity contribution < 1.29 is 9.90 Å². The molecule has 0 amide bonds. The summed E-state index contributed by atoms with van der Waals surface area (Å²) < 4.78 is 0. The summed E-state index contributed by atoms with van der Waals surface area (Å²) in [6.07, 6.45) is 2.56. The Balaban J connectivity index is 0. The molecule has 0 aliphatic heterocycles. The highest BCUT2D eigenvalue weighted by atomic mass is 32.2. The summed E-state index contributed by atoms with van der Waals surface area (Å²) in [5, 5.41) is 20.5. The number of hydrogen-bond donors (Lipinski definition) is 2. The van der Waals surface area contributed by atoms with Gasteiger partial charge in [0, 0.05) is 24.2 Å². The smallest absolute Gasteiger partial charge is 0.155 e.